The molecule has 0 bridgehead atoms. The number of anilines is 1. The van der Waals surface area contributed by atoms with Crippen LogP contribution in [0.5, 0.6) is 5.75 Å². The Morgan fingerprint density at radius 1 is 1.30 bits per heavy atom. The van der Waals surface area contributed by atoms with Gasteiger partial charge in [0.15, 0.2) is 10.3 Å². The molecule has 0 aliphatic carbocycles. The van der Waals surface area contributed by atoms with Gasteiger partial charge in [0.05, 0.1) is 17.1 Å². The maximum absolute atomic E-state index is 12.1. The van der Waals surface area contributed by atoms with Gasteiger partial charge >= 0.3 is 0 Å². The molecule has 0 unspecified atom stereocenters. The molecule has 1 N–H and O–H groups in total. The summed E-state index contributed by atoms with van der Waals surface area (Å²) in [7, 11) is 1.56. The van der Waals surface area contributed by atoms with Crippen LogP contribution in [-0.2, 0) is 0 Å². The smallest absolute Gasteiger partial charge is 0.258 e. The van der Waals surface area contributed by atoms with Crippen molar-refractivity contribution >= 4 is 50.7 Å². The lowest BCUT2D eigenvalue weighted by Crippen LogP contribution is -2.13. The number of nitrogens with zero attached hydrogens (tertiary/aromatic N) is 2. The van der Waals surface area contributed by atoms with Crippen LogP contribution in [0.2, 0.25) is 10.3 Å². The number of hydrogen-bond acceptors (Lipinski definition) is 4. The Morgan fingerprint density at radius 2 is 2.05 bits per heavy atom. The van der Waals surface area contributed by atoms with E-state index in [0.29, 0.717) is 11.4 Å². The molecule has 20 heavy (non-hydrogen) atoms. The summed E-state index contributed by atoms with van der Waals surface area (Å²) in [6.07, 6.45) is 0. The van der Waals surface area contributed by atoms with E-state index in [2.05, 4.69) is 31.4 Å². The summed E-state index contributed by atoms with van der Waals surface area (Å²) in [5.41, 5.74) is 0.727. The van der Waals surface area contributed by atoms with Crippen molar-refractivity contribution in [3.8, 4) is 5.75 Å². The highest BCUT2D eigenvalue weighted by molar-refractivity contribution is 9.10. The van der Waals surface area contributed by atoms with E-state index in [1.807, 2.05) is 0 Å². The summed E-state index contributed by atoms with van der Waals surface area (Å²) in [6.45, 7) is 0. The molecule has 2 rings (SSSR count). The van der Waals surface area contributed by atoms with Gasteiger partial charge in [0.25, 0.3) is 5.91 Å². The lowest BCUT2D eigenvalue weighted by molar-refractivity contribution is 0.102. The van der Waals surface area contributed by atoms with Crippen LogP contribution in [0.1, 0.15) is 10.4 Å². The van der Waals surface area contributed by atoms with Crippen LogP contribution < -0.4 is 10.1 Å². The third-order valence-corrected chi connectivity index (χ3v) is 3.46. The normalized spacial score (nSPS) is 10.2. The molecule has 0 saturated carbocycles. The van der Waals surface area contributed by atoms with Crippen molar-refractivity contribution in [3.63, 3.8) is 0 Å². The van der Waals surface area contributed by atoms with E-state index in [9.17, 15) is 4.79 Å². The van der Waals surface area contributed by atoms with Gasteiger partial charge in [-0.05, 0) is 40.2 Å². The van der Waals surface area contributed by atoms with Gasteiger partial charge in [-0.2, -0.15) is 0 Å². The molecular formula is C12H8BrCl2N3O2. The van der Waals surface area contributed by atoms with Crippen molar-refractivity contribution in [2.75, 3.05) is 12.4 Å². The number of methoxy groups -OCH3 is 1. The minimum absolute atomic E-state index is 0.0144. The van der Waals surface area contributed by atoms with E-state index in [1.165, 1.54) is 6.07 Å². The number of amides is 1. The van der Waals surface area contributed by atoms with Gasteiger partial charge in [-0.25, -0.2) is 0 Å². The second-order valence-corrected chi connectivity index (χ2v) is 5.27. The molecule has 0 aliphatic rings. The number of hydrogen-bond donors (Lipinski definition) is 1. The first kappa shape index (κ1) is 15.0. The Balaban J connectivity index is 2.23. The van der Waals surface area contributed by atoms with E-state index in [1.54, 1.807) is 25.3 Å². The Labute approximate surface area is 133 Å². The first-order chi connectivity index (χ1) is 9.51. The van der Waals surface area contributed by atoms with Crippen molar-refractivity contribution in [3.05, 3.63) is 44.6 Å². The summed E-state index contributed by atoms with van der Waals surface area (Å²) >= 11 is 14.8. The zero-order valence-corrected chi connectivity index (χ0v) is 13.3. The second kappa shape index (κ2) is 6.39. The molecule has 8 heteroatoms. The Bertz CT molecular complexity index is 667. The van der Waals surface area contributed by atoms with Crippen LogP contribution in [0.25, 0.3) is 0 Å². The third-order valence-electron chi connectivity index (χ3n) is 2.37. The monoisotopic (exact) mass is 375 g/mol. The number of benzene rings is 1. The Morgan fingerprint density at radius 3 is 2.70 bits per heavy atom. The van der Waals surface area contributed by atoms with Crippen LogP contribution in [0.3, 0.4) is 0 Å². The van der Waals surface area contributed by atoms with Gasteiger partial charge in [0.1, 0.15) is 5.75 Å². The maximum atomic E-state index is 12.1. The highest BCUT2D eigenvalue weighted by Crippen LogP contribution is 2.28. The number of ether oxygens (including phenoxy) is 1. The molecule has 1 aromatic carbocycles. The number of nitrogens with one attached hydrogen (secondary N) is 1. The van der Waals surface area contributed by atoms with Crippen LogP contribution in [-0.4, -0.2) is 23.2 Å². The lowest BCUT2D eigenvalue weighted by Gasteiger charge is -2.08. The van der Waals surface area contributed by atoms with E-state index in [0.717, 1.165) is 4.47 Å². The van der Waals surface area contributed by atoms with Gasteiger partial charge in [-0.15, -0.1) is 10.2 Å². The highest BCUT2D eigenvalue weighted by Gasteiger charge is 2.14. The molecular weight excluding hydrogens is 369 g/mol. The van der Waals surface area contributed by atoms with E-state index < -0.39 is 5.91 Å². The first-order valence-electron chi connectivity index (χ1n) is 5.35. The molecule has 0 fully saturated rings. The Kier molecular flexibility index (Phi) is 4.80. The van der Waals surface area contributed by atoms with Crippen LogP contribution in [0.15, 0.2) is 28.7 Å². The SMILES string of the molecule is COc1ccc(NC(=O)c2cc(Cl)nnc2Cl)cc1Br. The molecule has 1 amide bonds. The molecule has 104 valence electrons. The number of halogens is 3. The summed E-state index contributed by atoms with van der Waals surface area (Å²) in [6, 6.07) is 6.48. The van der Waals surface area contributed by atoms with Crippen LogP contribution in [0.4, 0.5) is 5.69 Å². The maximum Gasteiger partial charge on any atom is 0.258 e. The zero-order valence-electron chi connectivity index (χ0n) is 10.2. The minimum atomic E-state index is -0.427. The van der Waals surface area contributed by atoms with Crippen LogP contribution in [0, 0.1) is 0 Å². The molecule has 5 nitrogen and oxygen atoms in total. The average molecular weight is 377 g/mol. The van der Waals surface area contributed by atoms with Gasteiger partial charge in [0.2, 0.25) is 0 Å². The van der Waals surface area contributed by atoms with Crippen molar-refractivity contribution in [1.82, 2.24) is 10.2 Å². The fourth-order valence-corrected chi connectivity index (χ4v) is 2.32. The van der Waals surface area contributed by atoms with E-state index >= 15 is 0 Å². The second-order valence-electron chi connectivity index (χ2n) is 3.67. The number of aromatic nitrogens is 2. The van der Waals surface area contributed by atoms with Gasteiger partial charge < -0.3 is 10.1 Å². The van der Waals surface area contributed by atoms with Crippen molar-refractivity contribution in [2.45, 2.75) is 0 Å². The zero-order chi connectivity index (χ0) is 14.7. The number of rotatable bonds is 3. The summed E-state index contributed by atoms with van der Waals surface area (Å²) in [5.74, 6) is 0.235. The van der Waals surface area contributed by atoms with Gasteiger partial charge in [0, 0.05) is 5.69 Å². The largest absolute Gasteiger partial charge is 0.496 e. The minimum Gasteiger partial charge on any atom is -0.496 e. The predicted octanol–water partition coefficient (Wildman–Crippen LogP) is 3.81. The number of carbonyl (C=O) groups is 1. The van der Waals surface area contributed by atoms with Gasteiger partial charge in [-0.3, -0.25) is 4.79 Å². The first-order valence-corrected chi connectivity index (χ1v) is 6.89. The summed E-state index contributed by atoms with van der Waals surface area (Å²) in [4.78, 5) is 12.1. The molecule has 0 aliphatic heterocycles. The quantitative estimate of drug-likeness (QED) is 0.884. The van der Waals surface area contributed by atoms with Crippen molar-refractivity contribution in [1.29, 1.82) is 0 Å². The van der Waals surface area contributed by atoms with Crippen molar-refractivity contribution < 1.29 is 9.53 Å². The van der Waals surface area contributed by atoms with Gasteiger partial charge in [-0.1, -0.05) is 23.2 Å². The third kappa shape index (κ3) is 3.39. The standard InChI is InChI=1S/C12H8BrCl2N3O2/c1-20-9-3-2-6(4-8(9)13)16-12(19)7-5-10(14)17-18-11(7)15/h2-5H,1H3,(H,16,19). The fraction of sp³-hybridized carbons (Fsp3) is 0.0833. The van der Waals surface area contributed by atoms with Crippen molar-refractivity contribution in [2.24, 2.45) is 0 Å². The van der Waals surface area contributed by atoms with E-state index in [-0.39, 0.29) is 15.9 Å². The van der Waals surface area contributed by atoms with Crippen LogP contribution >= 0.6 is 39.1 Å². The molecule has 0 radical (unpaired) electrons. The summed E-state index contributed by atoms with van der Waals surface area (Å²) in [5, 5.41) is 9.89. The fourth-order valence-electron chi connectivity index (χ4n) is 1.45. The topological polar surface area (TPSA) is 64.1 Å². The van der Waals surface area contributed by atoms with E-state index in [4.69, 9.17) is 27.9 Å². The lowest BCUT2D eigenvalue weighted by atomic mass is 10.2. The predicted molar refractivity (Wildman–Crippen MR) is 80.7 cm³/mol. The highest BCUT2D eigenvalue weighted by atomic mass is 79.9. The molecule has 0 saturated heterocycles. The summed E-state index contributed by atoms with van der Waals surface area (Å²) < 4.78 is 5.83. The molecule has 0 atom stereocenters. The Hall–Kier alpha value is -1.37. The molecule has 2 aromatic rings. The molecule has 0 spiro atoms. The molecule has 1 heterocycles. The average Bonchev–Trinajstić information content (AvgIpc) is 2.41. The molecule has 1 aromatic heterocycles. The number of carbonyl (C=O) groups excluding carboxylic acids is 1.